The average molecular weight is 340 g/mol. The predicted molar refractivity (Wildman–Crippen MR) is 89.2 cm³/mol. The lowest BCUT2D eigenvalue weighted by Crippen LogP contribution is -2.39. The molecule has 0 saturated heterocycles. The van der Waals surface area contributed by atoms with Gasteiger partial charge in [-0.05, 0) is 30.2 Å². The molecule has 1 aromatic rings. The van der Waals surface area contributed by atoms with Gasteiger partial charge in [0.25, 0.3) is 0 Å². The van der Waals surface area contributed by atoms with Gasteiger partial charge < -0.3 is 9.64 Å². The minimum absolute atomic E-state index is 0.0378. The molecule has 6 nitrogen and oxygen atoms in total. The number of nitrogens with zero attached hydrogens (tertiary/aromatic N) is 1. The molecule has 0 unspecified atom stereocenters. The van der Waals surface area contributed by atoms with E-state index in [-0.39, 0.29) is 16.2 Å². The van der Waals surface area contributed by atoms with E-state index in [9.17, 15) is 13.2 Å². The van der Waals surface area contributed by atoms with Crippen molar-refractivity contribution in [3.05, 3.63) is 23.8 Å². The summed E-state index contributed by atoms with van der Waals surface area (Å²) in [5, 5.41) is 0. The van der Waals surface area contributed by atoms with E-state index in [0.29, 0.717) is 26.0 Å². The first-order chi connectivity index (χ1) is 10.7. The fourth-order valence-corrected chi connectivity index (χ4v) is 3.85. The summed E-state index contributed by atoms with van der Waals surface area (Å²) in [6.45, 7) is 4.75. The highest BCUT2D eigenvalue weighted by molar-refractivity contribution is 7.89. The van der Waals surface area contributed by atoms with E-state index in [1.165, 1.54) is 0 Å². The van der Waals surface area contributed by atoms with E-state index < -0.39 is 10.0 Å². The minimum Gasteiger partial charge on any atom is -0.385 e. The molecular formula is C16H24N2O4S. The molecule has 7 heteroatoms. The molecule has 0 radical (unpaired) electrons. The van der Waals surface area contributed by atoms with E-state index in [0.717, 1.165) is 11.3 Å². The Morgan fingerprint density at radius 1 is 1.35 bits per heavy atom. The lowest BCUT2D eigenvalue weighted by Gasteiger charge is -2.37. The molecule has 1 N–H and O–H groups in total. The minimum atomic E-state index is -3.56. The highest BCUT2D eigenvalue weighted by Gasteiger charge is 2.35. The van der Waals surface area contributed by atoms with Crippen LogP contribution in [0.5, 0.6) is 0 Å². The van der Waals surface area contributed by atoms with Crippen LogP contribution in [0.2, 0.25) is 0 Å². The average Bonchev–Trinajstić information content (AvgIpc) is 2.48. The molecule has 1 heterocycles. The van der Waals surface area contributed by atoms with Crippen molar-refractivity contribution in [2.24, 2.45) is 0 Å². The molecule has 1 aliphatic heterocycles. The molecule has 1 aliphatic rings. The maximum Gasteiger partial charge on any atom is 0.240 e. The number of anilines is 1. The number of ether oxygens (including phenoxy) is 1. The zero-order valence-electron chi connectivity index (χ0n) is 14.0. The molecule has 1 aromatic carbocycles. The van der Waals surface area contributed by atoms with Gasteiger partial charge in [0.05, 0.1) is 4.90 Å². The van der Waals surface area contributed by atoms with Crippen molar-refractivity contribution >= 4 is 21.6 Å². The molecule has 23 heavy (non-hydrogen) atoms. The van der Waals surface area contributed by atoms with Gasteiger partial charge in [-0.1, -0.05) is 13.8 Å². The topological polar surface area (TPSA) is 75.7 Å². The number of amides is 1. The van der Waals surface area contributed by atoms with Crippen molar-refractivity contribution in [1.82, 2.24) is 4.72 Å². The summed E-state index contributed by atoms with van der Waals surface area (Å²) in [5.41, 5.74) is 1.25. The summed E-state index contributed by atoms with van der Waals surface area (Å²) in [5.74, 6) is 0.0378. The van der Waals surface area contributed by atoms with Gasteiger partial charge in [-0.3, -0.25) is 4.79 Å². The number of fused-ring (bicyclic) bond motifs is 1. The Balaban J connectivity index is 2.32. The first-order valence-corrected chi connectivity index (χ1v) is 9.07. The van der Waals surface area contributed by atoms with Gasteiger partial charge in [0, 0.05) is 44.8 Å². The molecule has 0 aromatic heterocycles. The first kappa shape index (κ1) is 17.9. The summed E-state index contributed by atoms with van der Waals surface area (Å²) in [6, 6.07) is 4.93. The van der Waals surface area contributed by atoms with E-state index in [4.69, 9.17) is 4.74 Å². The third kappa shape index (κ3) is 3.73. The summed E-state index contributed by atoms with van der Waals surface area (Å²) in [4.78, 5) is 13.9. The number of carbonyl (C=O) groups excluding carboxylic acids is 1. The summed E-state index contributed by atoms with van der Waals surface area (Å²) >= 11 is 0. The Hall–Kier alpha value is -1.44. The number of sulfonamides is 1. The molecule has 0 saturated carbocycles. The van der Waals surface area contributed by atoms with Crippen molar-refractivity contribution in [2.45, 2.75) is 37.0 Å². The summed E-state index contributed by atoms with van der Waals surface area (Å²) < 4.78 is 32.3. The van der Waals surface area contributed by atoms with Crippen molar-refractivity contribution in [3.8, 4) is 0 Å². The molecule has 0 spiro atoms. The lowest BCUT2D eigenvalue weighted by molar-refractivity contribution is -0.119. The molecule has 0 aliphatic carbocycles. The third-order valence-electron chi connectivity index (χ3n) is 4.15. The van der Waals surface area contributed by atoms with E-state index in [2.05, 4.69) is 4.72 Å². The number of methoxy groups -OCH3 is 1. The van der Waals surface area contributed by atoms with Crippen LogP contribution in [0.1, 0.15) is 32.3 Å². The van der Waals surface area contributed by atoms with Gasteiger partial charge in [0.1, 0.15) is 0 Å². The zero-order valence-corrected chi connectivity index (χ0v) is 14.9. The fourth-order valence-electron chi connectivity index (χ4n) is 2.75. The number of benzene rings is 1. The Bertz CT molecular complexity index is 698. The number of carbonyl (C=O) groups is 1. The Labute approximate surface area is 137 Å². The second-order valence-electron chi connectivity index (χ2n) is 6.44. The number of rotatable bonds is 6. The van der Waals surface area contributed by atoms with Gasteiger partial charge in [-0.25, -0.2) is 13.1 Å². The van der Waals surface area contributed by atoms with Crippen LogP contribution in [0.25, 0.3) is 0 Å². The third-order valence-corrected chi connectivity index (χ3v) is 5.61. The molecule has 0 bridgehead atoms. The zero-order chi connectivity index (χ0) is 17.3. The van der Waals surface area contributed by atoms with E-state index in [1.54, 1.807) is 37.3 Å². The van der Waals surface area contributed by atoms with Crippen molar-refractivity contribution < 1.29 is 17.9 Å². The number of hydrogen-bond donors (Lipinski definition) is 1. The quantitative estimate of drug-likeness (QED) is 0.799. The molecular weight excluding hydrogens is 316 g/mol. The Kier molecular flexibility index (Phi) is 5.13. The van der Waals surface area contributed by atoms with Crippen LogP contribution in [-0.2, 0) is 25.0 Å². The van der Waals surface area contributed by atoms with Crippen LogP contribution < -0.4 is 9.62 Å². The smallest absolute Gasteiger partial charge is 0.240 e. The highest BCUT2D eigenvalue weighted by Crippen LogP contribution is 2.40. The van der Waals surface area contributed by atoms with Crippen LogP contribution in [0.3, 0.4) is 0 Å². The van der Waals surface area contributed by atoms with Gasteiger partial charge in [-0.2, -0.15) is 0 Å². The van der Waals surface area contributed by atoms with Crippen LogP contribution >= 0.6 is 0 Å². The van der Waals surface area contributed by atoms with Gasteiger partial charge in [-0.15, -0.1) is 0 Å². The van der Waals surface area contributed by atoms with Crippen molar-refractivity contribution in [3.63, 3.8) is 0 Å². The summed E-state index contributed by atoms with van der Waals surface area (Å²) in [6.07, 6.45) is 0.977. The highest BCUT2D eigenvalue weighted by atomic mass is 32.2. The monoisotopic (exact) mass is 340 g/mol. The maximum absolute atomic E-state index is 12.4. The normalized spacial score (nSPS) is 17.2. The molecule has 128 valence electrons. The van der Waals surface area contributed by atoms with Crippen LogP contribution in [0.15, 0.2) is 23.1 Å². The molecule has 0 atom stereocenters. The van der Waals surface area contributed by atoms with Crippen LogP contribution in [0.4, 0.5) is 5.69 Å². The number of hydrogen-bond acceptors (Lipinski definition) is 4. The van der Waals surface area contributed by atoms with Gasteiger partial charge in [0.2, 0.25) is 15.9 Å². The van der Waals surface area contributed by atoms with Crippen LogP contribution in [0, 0.1) is 0 Å². The standard InChI is InChI=1S/C16H24N2O4S/c1-16(2)11-15(19)18(3)14-7-6-12(10-13(14)16)23(20,21)17-8-5-9-22-4/h6-7,10,17H,5,8-9,11H2,1-4H3. The fraction of sp³-hybridized carbons (Fsp3) is 0.562. The van der Waals surface area contributed by atoms with Crippen molar-refractivity contribution in [1.29, 1.82) is 0 Å². The SMILES string of the molecule is COCCCNS(=O)(=O)c1ccc2c(c1)C(C)(C)CC(=O)N2C. The molecule has 2 rings (SSSR count). The second kappa shape index (κ2) is 6.59. The van der Waals surface area contributed by atoms with Crippen LogP contribution in [-0.4, -0.2) is 41.6 Å². The van der Waals surface area contributed by atoms with Gasteiger partial charge in [0.15, 0.2) is 0 Å². The van der Waals surface area contributed by atoms with Gasteiger partial charge >= 0.3 is 0 Å². The van der Waals surface area contributed by atoms with Crippen molar-refractivity contribution in [2.75, 3.05) is 32.2 Å². The lowest BCUT2D eigenvalue weighted by atomic mass is 9.77. The number of nitrogens with one attached hydrogen (secondary N) is 1. The summed E-state index contributed by atoms with van der Waals surface area (Å²) in [7, 11) is -0.267. The Morgan fingerprint density at radius 2 is 2.04 bits per heavy atom. The van der Waals surface area contributed by atoms with E-state index >= 15 is 0 Å². The van der Waals surface area contributed by atoms with E-state index in [1.807, 2.05) is 13.8 Å². The Morgan fingerprint density at radius 3 is 2.70 bits per heavy atom. The maximum atomic E-state index is 12.4. The second-order valence-corrected chi connectivity index (χ2v) is 8.20. The molecule has 1 amide bonds. The molecule has 0 fully saturated rings. The largest absolute Gasteiger partial charge is 0.385 e. The first-order valence-electron chi connectivity index (χ1n) is 7.59. The predicted octanol–water partition coefficient (Wildman–Crippen LogP) is 1.65.